The van der Waals surface area contributed by atoms with E-state index in [-0.39, 0.29) is 67.0 Å². The van der Waals surface area contributed by atoms with Crippen molar-refractivity contribution in [2.24, 2.45) is 0 Å². The zero-order valence-electron chi connectivity index (χ0n) is 52.3. The fourth-order valence-electron chi connectivity index (χ4n) is 12.6. The summed E-state index contributed by atoms with van der Waals surface area (Å²) in [6.07, 6.45) is -7.49. The molecular formula is C68H85ClN4O14Si2. The van der Waals surface area contributed by atoms with Crippen molar-refractivity contribution in [2.45, 2.75) is 184 Å². The van der Waals surface area contributed by atoms with Crippen LogP contribution in [0.3, 0.4) is 0 Å². The van der Waals surface area contributed by atoms with Gasteiger partial charge in [0.05, 0.1) is 66.3 Å². The van der Waals surface area contributed by atoms with Gasteiger partial charge in [0.25, 0.3) is 0 Å². The van der Waals surface area contributed by atoms with Gasteiger partial charge in [0, 0.05) is 0 Å². The highest BCUT2D eigenvalue weighted by atomic mass is 35.5. The van der Waals surface area contributed by atoms with Crippen LogP contribution in [0.15, 0.2) is 158 Å². The third-order valence-electron chi connectivity index (χ3n) is 17.3. The van der Waals surface area contributed by atoms with Crippen LogP contribution in [0, 0.1) is 0 Å². The number of nitrogens with zero attached hydrogens (tertiary/aromatic N) is 4. The van der Waals surface area contributed by atoms with Gasteiger partial charge in [-0.25, -0.2) is 15.0 Å². The molecule has 21 heteroatoms. The normalized spacial score (nSPS) is 26.8. The number of ether oxygens (including phenoxy) is 11. The fraction of sp³-hybridized carbons (Fsp3) is 0.485. The van der Waals surface area contributed by atoms with Crippen molar-refractivity contribution in [1.29, 1.82) is 0 Å². The first kappa shape index (κ1) is 65.2. The van der Waals surface area contributed by atoms with E-state index in [1.807, 2.05) is 150 Å². The lowest BCUT2D eigenvalue weighted by atomic mass is 10.1. The molecule has 0 bridgehead atoms. The molecular weight excluding hydrogens is 1190 g/mol. The summed E-state index contributed by atoms with van der Waals surface area (Å²) in [5, 5.41) is 0.193. The molecule has 18 nitrogen and oxygen atoms in total. The Balaban J connectivity index is 1.02. The van der Waals surface area contributed by atoms with Gasteiger partial charge in [-0.1, -0.05) is 200 Å². The summed E-state index contributed by atoms with van der Waals surface area (Å²) in [6.45, 7) is 19.3. The third-order valence-corrected chi connectivity index (χ3v) is 27.8. The Labute approximate surface area is 530 Å². The van der Waals surface area contributed by atoms with Crippen molar-refractivity contribution in [3.8, 4) is 5.75 Å². The molecule has 0 aliphatic carbocycles. The molecule has 4 fully saturated rings. The summed E-state index contributed by atoms with van der Waals surface area (Å²) in [5.74, 6) is 0.724. The molecule has 89 heavy (non-hydrogen) atoms. The molecule has 4 aliphatic heterocycles. The average molecular weight is 1270 g/mol. The molecule has 0 radical (unpaired) electrons. The molecule has 0 saturated carbocycles. The van der Waals surface area contributed by atoms with E-state index in [9.17, 15) is 0 Å². The van der Waals surface area contributed by atoms with Crippen molar-refractivity contribution in [1.82, 2.24) is 19.5 Å². The van der Waals surface area contributed by atoms with Crippen LogP contribution in [0.5, 0.6) is 5.75 Å². The minimum atomic E-state index is -3.33. The number of benzene rings is 5. The van der Waals surface area contributed by atoms with Gasteiger partial charge in [0.1, 0.15) is 72.5 Å². The first-order chi connectivity index (χ1) is 43.2. The first-order valence-corrected chi connectivity index (χ1v) is 35.5. The molecule has 5 aromatic carbocycles. The lowest BCUT2D eigenvalue weighted by Crippen LogP contribution is -2.66. The van der Waals surface area contributed by atoms with Crippen LogP contribution in [0.25, 0.3) is 11.2 Å². The molecule has 476 valence electrons. The number of imidazole rings is 1. The summed E-state index contributed by atoms with van der Waals surface area (Å²) < 4.78 is 102. The Hall–Kier alpha value is -5.35. The van der Waals surface area contributed by atoms with Crippen LogP contribution < -0.4 is 4.74 Å². The Morgan fingerprint density at radius 2 is 0.978 bits per heavy atom. The summed E-state index contributed by atoms with van der Waals surface area (Å²) in [7, 11) is -4.72. The molecule has 7 unspecified atom stereocenters. The molecule has 0 spiro atoms. The highest BCUT2D eigenvalue weighted by Crippen LogP contribution is 2.50. The second-order valence-corrected chi connectivity index (χ2v) is 33.7. The van der Waals surface area contributed by atoms with E-state index >= 15 is 0 Å². The van der Waals surface area contributed by atoms with Crippen LogP contribution >= 0.6 is 11.6 Å². The van der Waals surface area contributed by atoms with Crippen molar-refractivity contribution in [2.75, 3.05) is 26.9 Å². The van der Waals surface area contributed by atoms with Crippen LogP contribution in [0.1, 0.15) is 89.4 Å². The monoisotopic (exact) mass is 1270 g/mol. The van der Waals surface area contributed by atoms with E-state index in [2.05, 4.69) is 60.4 Å². The molecule has 6 heterocycles. The zero-order chi connectivity index (χ0) is 62.1. The second-order valence-electron chi connectivity index (χ2n) is 24.5. The van der Waals surface area contributed by atoms with E-state index in [1.54, 1.807) is 13.4 Å². The SMILES string of the molecule is COc1ccc(COC2C(OCc3ccccc3)C(COCc3ccccc3)O[C@H]2OC2C(OCc3ccccc3)C(COCc3ccccc3)O[C@H]2OC2[C@H]3O[Si](C(C)C)(C(C)C)O[Si](C(C)C)(C(C)C)OC[C@H]3O[C@H]2n2cnc3c(Cl)ncnc32)cc1. The molecule has 0 amide bonds. The number of fused-ring (bicyclic) bond motifs is 2. The highest BCUT2D eigenvalue weighted by molar-refractivity contribution is 6.84. The van der Waals surface area contributed by atoms with Gasteiger partial charge in [-0.2, -0.15) is 0 Å². The van der Waals surface area contributed by atoms with Crippen LogP contribution in [0.4, 0.5) is 0 Å². The Morgan fingerprint density at radius 1 is 0.517 bits per heavy atom. The van der Waals surface area contributed by atoms with Gasteiger partial charge in [0.2, 0.25) is 0 Å². The highest BCUT2D eigenvalue weighted by Gasteiger charge is 2.64. The molecule has 11 rings (SSSR count). The zero-order valence-corrected chi connectivity index (χ0v) is 55.0. The van der Waals surface area contributed by atoms with Crippen LogP contribution in [0.2, 0.25) is 27.3 Å². The predicted octanol–water partition coefficient (Wildman–Crippen LogP) is 12.8. The van der Waals surface area contributed by atoms with Gasteiger partial charge >= 0.3 is 17.1 Å². The molecule has 4 saturated heterocycles. The summed E-state index contributed by atoms with van der Waals surface area (Å²) in [4.78, 5) is 13.7. The fourth-order valence-corrected chi connectivity index (χ4v) is 24.0. The quantitative estimate of drug-likeness (QED) is 0.0351. The van der Waals surface area contributed by atoms with Gasteiger partial charge in [-0.3, -0.25) is 4.57 Å². The maximum Gasteiger partial charge on any atom is 0.335 e. The number of halogens is 1. The van der Waals surface area contributed by atoms with Gasteiger partial charge < -0.3 is 65.1 Å². The van der Waals surface area contributed by atoms with Gasteiger partial charge in [-0.15, -0.1) is 0 Å². The number of hydrogen-bond donors (Lipinski definition) is 0. The summed E-state index contributed by atoms with van der Waals surface area (Å²) in [6, 6.07) is 47.8. The average Bonchev–Trinajstić information content (AvgIpc) is 2.09. The van der Waals surface area contributed by atoms with Crippen molar-refractivity contribution < 1.29 is 65.1 Å². The minimum Gasteiger partial charge on any atom is -0.497 e. The Kier molecular flexibility index (Phi) is 21.9. The lowest BCUT2D eigenvalue weighted by molar-refractivity contribution is -0.271. The van der Waals surface area contributed by atoms with E-state index in [4.69, 9.17) is 86.6 Å². The number of methoxy groups -OCH3 is 1. The van der Waals surface area contributed by atoms with E-state index in [0.29, 0.717) is 24.4 Å². The first-order valence-electron chi connectivity index (χ1n) is 31.1. The summed E-state index contributed by atoms with van der Waals surface area (Å²) >= 11 is 6.75. The van der Waals surface area contributed by atoms with Crippen LogP contribution in [-0.4, -0.2) is 131 Å². The molecule has 2 aromatic heterocycles. The molecule has 12 atom stereocenters. The Morgan fingerprint density at radius 3 is 1.48 bits per heavy atom. The maximum atomic E-state index is 7.87. The van der Waals surface area contributed by atoms with Crippen molar-refractivity contribution in [3.05, 3.63) is 191 Å². The lowest BCUT2D eigenvalue weighted by Gasteiger charge is -2.51. The minimum absolute atomic E-state index is 0.0219. The number of hydrogen-bond acceptors (Lipinski definition) is 17. The molecule has 4 aliphatic rings. The van der Waals surface area contributed by atoms with Crippen LogP contribution in [-0.2, 0) is 93.4 Å². The second kappa shape index (κ2) is 29.9. The van der Waals surface area contributed by atoms with Crippen molar-refractivity contribution >= 4 is 39.9 Å². The van der Waals surface area contributed by atoms with Gasteiger partial charge in [0.15, 0.2) is 29.6 Å². The predicted molar refractivity (Wildman–Crippen MR) is 339 cm³/mol. The smallest absolute Gasteiger partial charge is 0.335 e. The largest absolute Gasteiger partial charge is 0.497 e. The third kappa shape index (κ3) is 14.9. The standard InChI is InChI=1S/C68H85ClN4O14Si2/c1-44(2)88(45(3)4)80-41-56-60(86-89(87-88,46(5)6)47(7)8)61(66(81-56)73-43-72-57-64(69)70-42-71-65(57)73)84-68-63(59(78-37-51-28-20-13-21-29-51)55(83-68)40-76-35-49-24-16-11-17-25-49)85-67-62(79-38-52-30-32-53(74-9)33-31-52)58(77-36-50-26-18-12-19-27-50)54(82-67)39-75-34-48-22-14-10-15-23-48/h10-33,42-47,54-56,58-63,66-68H,34-41H2,1-9H3/t54?,55?,56-,58?,59?,60+,61?,62?,63?,66-,67+,68+/m1/s1. The number of aromatic nitrogens is 4. The molecule has 0 N–H and O–H groups in total. The number of rotatable bonds is 27. The van der Waals surface area contributed by atoms with E-state index in [1.165, 1.54) is 6.33 Å². The Bertz CT molecular complexity index is 3270. The topological polar surface area (TPSA) is 173 Å². The summed E-state index contributed by atoms with van der Waals surface area (Å²) in [5.41, 5.74) is 5.80. The molecule has 7 aromatic rings. The van der Waals surface area contributed by atoms with E-state index in [0.717, 1.165) is 33.6 Å². The van der Waals surface area contributed by atoms with Crippen molar-refractivity contribution in [3.63, 3.8) is 0 Å². The maximum absolute atomic E-state index is 7.87. The van der Waals surface area contributed by atoms with E-state index < -0.39 is 90.9 Å². The van der Waals surface area contributed by atoms with Gasteiger partial charge in [-0.05, 0) is 62.1 Å².